The van der Waals surface area contributed by atoms with Crippen LogP contribution in [0.5, 0.6) is 0 Å². The molecule has 1 atom stereocenters. The first-order valence-electron chi connectivity index (χ1n) is 10.8. The molecule has 4 aromatic rings. The number of nitro groups is 1. The van der Waals surface area contributed by atoms with Gasteiger partial charge in [-0.1, -0.05) is 48.5 Å². The lowest BCUT2D eigenvalue weighted by Crippen LogP contribution is -2.39. The van der Waals surface area contributed by atoms with E-state index in [1.165, 1.54) is 22.4 Å². The molecule has 1 unspecified atom stereocenters. The molecule has 7 heteroatoms. The summed E-state index contributed by atoms with van der Waals surface area (Å²) in [7, 11) is 0. The minimum atomic E-state index is -0.382. The Morgan fingerprint density at radius 2 is 1.84 bits per heavy atom. The highest BCUT2D eigenvalue weighted by Crippen LogP contribution is 2.29. The van der Waals surface area contributed by atoms with E-state index in [2.05, 4.69) is 63.1 Å². The van der Waals surface area contributed by atoms with Gasteiger partial charge < -0.3 is 15.6 Å². The molecule has 2 heterocycles. The third-order valence-electron chi connectivity index (χ3n) is 6.28. The van der Waals surface area contributed by atoms with Crippen LogP contribution in [0.4, 0.5) is 11.6 Å². The number of piperidine rings is 1. The van der Waals surface area contributed by atoms with Gasteiger partial charge in [-0.15, -0.1) is 0 Å². The number of hydrogen-bond acceptors (Lipinski definition) is 5. The summed E-state index contributed by atoms with van der Waals surface area (Å²) in [5.41, 5.74) is 2.39. The van der Waals surface area contributed by atoms with Crippen molar-refractivity contribution in [3.05, 3.63) is 76.3 Å². The molecular formula is C24H25N5O2. The molecule has 0 bridgehead atoms. The molecule has 1 saturated heterocycles. The van der Waals surface area contributed by atoms with E-state index in [4.69, 9.17) is 0 Å². The number of nitrogens with one attached hydrogen (secondary N) is 3. The summed E-state index contributed by atoms with van der Waals surface area (Å²) in [6.07, 6.45) is 3.04. The summed E-state index contributed by atoms with van der Waals surface area (Å²) >= 11 is 0. The van der Waals surface area contributed by atoms with Crippen molar-refractivity contribution in [3.63, 3.8) is 0 Å². The molecule has 0 radical (unpaired) electrons. The number of anilines is 1. The number of para-hydroxylation sites is 1. The van der Waals surface area contributed by atoms with Gasteiger partial charge >= 0.3 is 0 Å². The molecular weight excluding hydrogens is 390 g/mol. The van der Waals surface area contributed by atoms with Crippen molar-refractivity contribution in [2.24, 2.45) is 5.92 Å². The Morgan fingerprint density at radius 1 is 1.06 bits per heavy atom. The van der Waals surface area contributed by atoms with Gasteiger partial charge in [-0.25, -0.2) is 4.98 Å². The minimum absolute atomic E-state index is 0.0225. The number of fused-ring (bicyclic) bond motifs is 2. The zero-order valence-electron chi connectivity index (χ0n) is 17.2. The molecule has 1 fully saturated rings. The lowest BCUT2D eigenvalue weighted by Gasteiger charge is -2.31. The van der Waals surface area contributed by atoms with E-state index in [0.717, 1.165) is 32.4 Å². The van der Waals surface area contributed by atoms with Crippen molar-refractivity contribution in [3.8, 4) is 0 Å². The minimum Gasteiger partial charge on any atom is -0.352 e. The molecule has 0 saturated carbocycles. The summed E-state index contributed by atoms with van der Waals surface area (Å²) in [6, 6.07) is 20.1. The van der Waals surface area contributed by atoms with Crippen molar-refractivity contribution in [1.82, 2.24) is 15.3 Å². The maximum Gasteiger partial charge on any atom is 0.297 e. The zero-order valence-corrected chi connectivity index (χ0v) is 17.2. The van der Waals surface area contributed by atoms with Gasteiger partial charge in [0.15, 0.2) is 5.52 Å². The quantitative estimate of drug-likeness (QED) is 0.315. The predicted molar refractivity (Wildman–Crippen MR) is 123 cm³/mol. The van der Waals surface area contributed by atoms with Crippen molar-refractivity contribution >= 4 is 33.4 Å². The number of aromatic amines is 1. The summed E-state index contributed by atoms with van der Waals surface area (Å²) in [5.74, 6) is 1.08. The molecule has 7 nitrogen and oxygen atoms in total. The fourth-order valence-corrected chi connectivity index (χ4v) is 4.70. The number of hydrogen-bond donors (Lipinski definition) is 3. The monoisotopic (exact) mass is 415 g/mol. The van der Waals surface area contributed by atoms with E-state index < -0.39 is 0 Å². The van der Waals surface area contributed by atoms with E-state index in [1.807, 2.05) is 6.07 Å². The third kappa shape index (κ3) is 3.96. The number of nitro benzene ring substituents is 1. The van der Waals surface area contributed by atoms with Gasteiger partial charge in [0.05, 0.1) is 10.4 Å². The Kier molecular flexibility index (Phi) is 5.26. The molecule has 1 aliphatic heterocycles. The van der Waals surface area contributed by atoms with Crippen LogP contribution < -0.4 is 10.6 Å². The van der Waals surface area contributed by atoms with Crippen molar-refractivity contribution in [2.75, 3.05) is 18.4 Å². The second-order valence-electron chi connectivity index (χ2n) is 8.20. The van der Waals surface area contributed by atoms with Gasteiger partial charge in [0, 0.05) is 12.1 Å². The molecule has 158 valence electrons. The van der Waals surface area contributed by atoms with Gasteiger partial charge in [-0.3, -0.25) is 10.1 Å². The maximum atomic E-state index is 11.4. The second-order valence-corrected chi connectivity index (χ2v) is 8.20. The van der Waals surface area contributed by atoms with Crippen LogP contribution in [0.25, 0.3) is 21.8 Å². The van der Waals surface area contributed by atoms with Crippen LogP contribution in [0.15, 0.2) is 60.7 Å². The van der Waals surface area contributed by atoms with Crippen molar-refractivity contribution in [2.45, 2.75) is 25.3 Å². The van der Waals surface area contributed by atoms with Gasteiger partial charge in [0.1, 0.15) is 0 Å². The summed E-state index contributed by atoms with van der Waals surface area (Å²) < 4.78 is 0. The summed E-state index contributed by atoms with van der Waals surface area (Å²) in [6.45, 7) is 2.01. The predicted octanol–water partition coefficient (Wildman–Crippen LogP) is 4.65. The van der Waals surface area contributed by atoms with Gasteiger partial charge in [-0.05, 0) is 60.7 Å². The first-order valence-corrected chi connectivity index (χ1v) is 10.8. The molecule has 0 amide bonds. The SMILES string of the molecule is O=[N+]([O-])c1cccc2[nH]c(NC(Cc3cccc4ccccc34)C3CCNCC3)nc12. The Labute approximate surface area is 180 Å². The van der Waals surface area contributed by atoms with E-state index in [-0.39, 0.29) is 16.7 Å². The maximum absolute atomic E-state index is 11.4. The van der Waals surface area contributed by atoms with E-state index in [0.29, 0.717) is 22.9 Å². The van der Waals surface area contributed by atoms with E-state index in [9.17, 15) is 10.1 Å². The van der Waals surface area contributed by atoms with Crippen molar-refractivity contribution < 1.29 is 4.92 Å². The van der Waals surface area contributed by atoms with Crippen molar-refractivity contribution in [1.29, 1.82) is 0 Å². The number of rotatable bonds is 6. The van der Waals surface area contributed by atoms with E-state index in [1.54, 1.807) is 6.07 Å². The lowest BCUT2D eigenvalue weighted by atomic mass is 9.85. The Balaban J connectivity index is 1.49. The topological polar surface area (TPSA) is 95.9 Å². The van der Waals surface area contributed by atoms with E-state index >= 15 is 0 Å². The Morgan fingerprint density at radius 3 is 2.68 bits per heavy atom. The smallest absolute Gasteiger partial charge is 0.297 e. The largest absolute Gasteiger partial charge is 0.352 e. The first-order chi connectivity index (χ1) is 15.2. The normalized spacial score (nSPS) is 15.9. The molecule has 31 heavy (non-hydrogen) atoms. The standard InChI is InChI=1S/C24H25N5O2/c30-29(31)22-10-4-9-20-23(22)28-24(26-20)27-21(17-11-13-25-14-12-17)15-18-7-3-6-16-5-1-2-8-19(16)18/h1-10,17,21,25H,11-15H2,(H2,26,27,28). The highest BCUT2D eigenvalue weighted by atomic mass is 16.6. The molecule has 0 spiro atoms. The first kappa shape index (κ1) is 19.5. The van der Waals surface area contributed by atoms with Crippen LogP contribution in [0, 0.1) is 16.0 Å². The molecule has 3 aromatic carbocycles. The number of H-pyrrole nitrogens is 1. The summed E-state index contributed by atoms with van der Waals surface area (Å²) in [4.78, 5) is 18.8. The highest BCUT2D eigenvalue weighted by Gasteiger charge is 2.26. The molecule has 5 rings (SSSR count). The molecule has 1 aromatic heterocycles. The fraction of sp³-hybridized carbons (Fsp3) is 0.292. The van der Waals surface area contributed by atoms with Crippen LogP contribution in [0.2, 0.25) is 0 Å². The average Bonchev–Trinajstić information content (AvgIpc) is 3.22. The third-order valence-corrected chi connectivity index (χ3v) is 6.28. The summed E-state index contributed by atoms with van der Waals surface area (Å²) in [5, 5.41) is 20.9. The van der Waals surface area contributed by atoms with Crippen LogP contribution in [-0.4, -0.2) is 34.0 Å². The average molecular weight is 415 g/mol. The van der Waals surface area contributed by atoms with Gasteiger partial charge in [-0.2, -0.15) is 0 Å². The Hall–Kier alpha value is -3.45. The zero-order chi connectivity index (χ0) is 21.2. The number of imidazole rings is 1. The van der Waals surface area contributed by atoms with Crippen LogP contribution in [0.3, 0.4) is 0 Å². The highest BCUT2D eigenvalue weighted by molar-refractivity contribution is 5.87. The number of aromatic nitrogens is 2. The second kappa shape index (κ2) is 8.35. The number of nitrogens with zero attached hydrogens (tertiary/aromatic N) is 2. The fourth-order valence-electron chi connectivity index (χ4n) is 4.70. The lowest BCUT2D eigenvalue weighted by molar-refractivity contribution is -0.383. The molecule has 1 aliphatic rings. The van der Waals surface area contributed by atoms with Gasteiger partial charge in [0.2, 0.25) is 5.95 Å². The molecule has 0 aliphatic carbocycles. The van der Waals surface area contributed by atoms with Crippen LogP contribution in [-0.2, 0) is 6.42 Å². The van der Waals surface area contributed by atoms with Crippen LogP contribution >= 0.6 is 0 Å². The number of non-ortho nitro benzene ring substituents is 1. The molecule has 3 N–H and O–H groups in total. The Bertz CT molecular complexity index is 1220. The van der Waals surface area contributed by atoms with Crippen LogP contribution in [0.1, 0.15) is 18.4 Å². The number of benzene rings is 3. The van der Waals surface area contributed by atoms with Gasteiger partial charge in [0.25, 0.3) is 5.69 Å².